The van der Waals surface area contributed by atoms with E-state index < -0.39 is 0 Å². The van der Waals surface area contributed by atoms with Crippen LogP contribution in [0.4, 0.5) is 0 Å². The van der Waals surface area contributed by atoms with Gasteiger partial charge in [0.25, 0.3) is 0 Å². The minimum Gasteiger partial charge on any atom is -0.0683 e. The molecule has 0 aliphatic heterocycles. The molecule has 0 saturated heterocycles. The molecule has 0 nitrogen and oxygen atoms in total. The molecular formula is C35H38. The second-order valence-corrected chi connectivity index (χ2v) is 9.05. The van der Waals surface area contributed by atoms with Gasteiger partial charge >= 0.3 is 0 Å². The molecule has 0 atom stereocenters. The molecule has 6 aromatic rings. The van der Waals surface area contributed by atoms with Crippen LogP contribution in [0.5, 0.6) is 0 Å². The number of hydrogen-bond donors (Lipinski definition) is 0. The van der Waals surface area contributed by atoms with Gasteiger partial charge in [-0.25, -0.2) is 0 Å². The molecule has 0 fully saturated rings. The van der Waals surface area contributed by atoms with Crippen molar-refractivity contribution in [1.29, 1.82) is 0 Å². The van der Waals surface area contributed by atoms with E-state index in [1.807, 2.05) is 13.8 Å². The van der Waals surface area contributed by atoms with E-state index in [-0.39, 0.29) is 0 Å². The summed E-state index contributed by atoms with van der Waals surface area (Å²) in [5, 5.41) is 8.23. The second-order valence-electron chi connectivity index (χ2n) is 9.05. The third-order valence-corrected chi connectivity index (χ3v) is 6.18. The first-order valence-electron chi connectivity index (χ1n) is 12.6. The van der Waals surface area contributed by atoms with E-state index in [1.54, 1.807) is 0 Å². The number of aryl methyl sites for hydroxylation is 5. The number of hydrogen-bond acceptors (Lipinski definition) is 0. The summed E-state index contributed by atoms with van der Waals surface area (Å²) in [6.07, 6.45) is 0. The van der Waals surface area contributed by atoms with Crippen LogP contribution in [-0.4, -0.2) is 0 Å². The molecule has 0 amide bonds. The Balaban J connectivity index is 0.000000160. The highest BCUT2D eigenvalue weighted by atomic mass is 14.1. The summed E-state index contributed by atoms with van der Waals surface area (Å²) in [6, 6.07) is 36.9. The average Bonchev–Trinajstić information content (AvgIpc) is 2.89. The molecule has 0 aliphatic rings. The summed E-state index contributed by atoms with van der Waals surface area (Å²) < 4.78 is 0. The topological polar surface area (TPSA) is 0 Å². The lowest BCUT2D eigenvalue weighted by Gasteiger charge is -2.11. The van der Waals surface area contributed by atoms with Crippen molar-refractivity contribution < 1.29 is 0 Å². The van der Waals surface area contributed by atoms with Crippen LogP contribution in [0.15, 0.2) is 103 Å². The first-order valence-corrected chi connectivity index (χ1v) is 12.6. The van der Waals surface area contributed by atoms with Gasteiger partial charge in [0.1, 0.15) is 0 Å². The van der Waals surface area contributed by atoms with Crippen LogP contribution in [0, 0.1) is 34.6 Å². The Kier molecular flexibility index (Phi) is 9.04. The molecule has 0 heterocycles. The quantitative estimate of drug-likeness (QED) is 0.199. The van der Waals surface area contributed by atoms with Gasteiger partial charge in [-0.2, -0.15) is 0 Å². The highest BCUT2D eigenvalue weighted by Gasteiger charge is 2.08. The van der Waals surface area contributed by atoms with E-state index in [2.05, 4.69) is 138 Å². The smallest absolute Gasteiger partial charge is 0.00241 e. The number of benzene rings is 6. The van der Waals surface area contributed by atoms with Crippen molar-refractivity contribution in [3.05, 3.63) is 131 Å². The SMILES string of the molecule is CC.Cc1ccc(C)cc1.Cc1ccc(C)cc1.Cc1ccc2ccc3cccc4ccc1c2c34. The molecule has 0 aromatic heterocycles. The van der Waals surface area contributed by atoms with E-state index in [0.29, 0.717) is 0 Å². The monoisotopic (exact) mass is 458 g/mol. The maximum atomic E-state index is 2.25. The predicted octanol–water partition coefficient (Wildman–Crippen LogP) is 10.5. The standard InChI is InChI=1S/C17H12.2C8H10.C2H6/c1-11-5-6-14-8-7-12-3-2-4-13-9-10-15(11)17(14)16(12)13;2*1-7-3-5-8(2)6-4-7;1-2/h2-10H,1H3;2*3-6H,1-2H3;1-2H3. The van der Waals surface area contributed by atoms with Crippen LogP contribution in [0.3, 0.4) is 0 Å². The van der Waals surface area contributed by atoms with Crippen molar-refractivity contribution in [2.45, 2.75) is 48.5 Å². The fourth-order valence-electron chi connectivity index (χ4n) is 4.15. The van der Waals surface area contributed by atoms with Crippen molar-refractivity contribution in [2.75, 3.05) is 0 Å². The van der Waals surface area contributed by atoms with E-state index >= 15 is 0 Å². The highest BCUT2D eigenvalue weighted by Crippen LogP contribution is 2.35. The van der Waals surface area contributed by atoms with Gasteiger partial charge in [0.15, 0.2) is 0 Å². The van der Waals surface area contributed by atoms with Crippen LogP contribution in [0.25, 0.3) is 32.3 Å². The van der Waals surface area contributed by atoms with Gasteiger partial charge in [-0.05, 0) is 72.5 Å². The lowest BCUT2D eigenvalue weighted by atomic mass is 9.92. The maximum absolute atomic E-state index is 2.25. The summed E-state index contributed by atoms with van der Waals surface area (Å²) in [5.74, 6) is 0. The molecule has 0 unspecified atom stereocenters. The molecule has 0 aliphatic carbocycles. The van der Waals surface area contributed by atoms with Crippen LogP contribution in [-0.2, 0) is 0 Å². The van der Waals surface area contributed by atoms with Crippen LogP contribution >= 0.6 is 0 Å². The molecule has 0 radical (unpaired) electrons. The Labute approximate surface area is 211 Å². The lowest BCUT2D eigenvalue weighted by molar-refractivity contribution is 1.40. The van der Waals surface area contributed by atoms with E-state index in [1.165, 1.54) is 60.1 Å². The zero-order chi connectivity index (χ0) is 25.4. The average molecular weight is 459 g/mol. The molecular weight excluding hydrogens is 420 g/mol. The summed E-state index contributed by atoms with van der Waals surface area (Å²) in [7, 11) is 0. The Morgan fingerprint density at radius 1 is 0.343 bits per heavy atom. The number of rotatable bonds is 0. The van der Waals surface area contributed by atoms with Gasteiger partial charge in [0, 0.05) is 0 Å². The predicted molar refractivity (Wildman–Crippen MR) is 158 cm³/mol. The van der Waals surface area contributed by atoms with Crippen LogP contribution in [0.2, 0.25) is 0 Å². The fraction of sp³-hybridized carbons (Fsp3) is 0.200. The van der Waals surface area contributed by atoms with Gasteiger partial charge in [-0.1, -0.05) is 139 Å². The van der Waals surface area contributed by atoms with E-state index in [0.717, 1.165) is 0 Å². The van der Waals surface area contributed by atoms with Crippen molar-refractivity contribution in [1.82, 2.24) is 0 Å². The molecule has 0 heteroatoms. The Bertz CT molecular complexity index is 1370. The van der Waals surface area contributed by atoms with Gasteiger partial charge in [-0.15, -0.1) is 0 Å². The molecule has 0 saturated carbocycles. The Morgan fingerprint density at radius 2 is 0.686 bits per heavy atom. The summed E-state index contributed by atoms with van der Waals surface area (Å²) in [6.45, 7) is 14.6. The molecule has 6 rings (SSSR count). The van der Waals surface area contributed by atoms with Crippen LogP contribution in [0.1, 0.15) is 41.7 Å². The molecule has 0 bridgehead atoms. The molecule has 0 N–H and O–H groups in total. The van der Waals surface area contributed by atoms with Crippen molar-refractivity contribution >= 4 is 32.3 Å². The van der Waals surface area contributed by atoms with Gasteiger partial charge in [-0.3, -0.25) is 0 Å². The van der Waals surface area contributed by atoms with Crippen LogP contribution < -0.4 is 0 Å². The van der Waals surface area contributed by atoms with Crippen molar-refractivity contribution in [3.8, 4) is 0 Å². The van der Waals surface area contributed by atoms with Gasteiger partial charge in [0.05, 0.1) is 0 Å². The zero-order valence-corrected chi connectivity index (χ0v) is 22.3. The van der Waals surface area contributed by atoms with Crippen molar-refractivity contribution in [3.63, 3.8) is 0 Å². The fourth-order valence-corrected chi connectivity index (χ4v) is 4.15. The molecule has 35 heavy (non-hydrogen) atoms. The first-order chi connectivity index (χ1) is 16.9. The third kappa shape index (κ3) is 6.49. The van der Waals surface area contributed by atoms with Gasteiger partial charge < -0.3 is 0 Å². The highest BCUT2D eigenvalue weighted by molar-refractivity contribution is 6.23. The van der Waals surface area contributed by atoms with E-state index in [4.69, 9.17) is 0 Å². The molecule has 6 aromatic carbocycles. The summed E-state index contributed by atoms with van der Waals surface area (Å²) in [5.41, 5.74) is 6.67. The minimum absolute atomic E-state index is 1.33. The van der Waals surface area contributed by atoms with Gasteiger partial charge in [0.2, 0.25) is 0 Å². The molecule has 178 valence electrons. The Morgan fingerprint density at radius 3 is 1.11 bits per heavy atom. The first kappa shape index (κ1) is 26.0. The summed E-state index contributed by atoms with van der Waals surface area (Å²) in [4.78, 5) is 0. The normalized spacial score (nSPS) is 10.1. The van der Waals surface area contributed by atoms with E-state index in [9.17, 15) is 0 Å². The largest absolute Gasteiger partial charge is 0.0683 e. The second kappa shape index (κ2) is 12.2. The van der Waals surface area contributed by atoms with Crippen molar-refractivity contribution in [2.24, 2.45) is 0 Å². The zero-order valence-electron chi connectivity index (χ0n) is 22.3. The lowest BCUT2D eigenvalue weighted by Crippen LogP contribution is -1.85. The molecule has 0 spiro atoms. The minimum atomic E-state index is 1.33. The summed E-state index contributed by atoms with van der Waals surface area (Å²) >= 11 is 0. The third-order valence-electron chi connectivity index (χ3n) is 6.18. The maximum Gasteiger partial charge on any atom is -0.00241 e. The Hall–Kier alpha value is -3.64.